The molecule has 1 aliphatic carbocycles. The minimum Gasteiger partial charge on any atom is -0.394 e. The lowest BCUT2D eigenvalue weighted by Crippen LogP contribution is -2.67. The molecule has 1 saturated carbocycles. The van der Waals surface area contributed by atoms with Crippen LogP contribution in [0.4, 0.5) is 0 Å². The number of aliphatic hydroxyl groups is 10. The van der Waals surface area contributed by atoms with Gasteiger partial charge in [0.1, 0.15) is 66.6 Å². The van der Waals surface area contributed by atoms with Crippen molar-refractivity contribution in [2.45, 2.75) is 98.3 Å². The third-order valence-electron chi connectivity index (χ3n) is 6.89. The summed E-state index contributed by atoms with van der Waals surface area (Å²) in [6.45, 7) is -0.192. The Kier molecular flexibility index (Phi) is 8.88. The summed E-state index contributed by atoms with van der Waals surface area (Å²) in [7, 11) is 1.43. The molecule has 15 nitrogen and oxygen atoms in total. The maximum absolute atomic E-state index is 11.1. The second kappa shape index (κ2) is 10.8. The van der Waals surface area contributed by atoms with Gasteiger partial charge in [-0.15, -0.1) is 0 Å². The van der Waals surface area contributed by atoms with Crippen LogP contribution in [0.2, 0.25) is 0 Å². The smallest absolute Gasteiger partial charge is 0.187 e. The molecule has 34 heavy (non-hydrogen) atoms. The molecule has 3 rings (SSSR count). The molecular formula is C19H35NO14. The molecule has 0 radical (unpaired) electrons. The number of hydrogen-bond donors (Lipinski definition) is 11. The zero-order chi connectivity index (χ0) is 25.5. The van der Waals surface area contributed by atoms with E-state index in [0.29, 0.717) is 0 Å². The summed E-state index contributed by atoms with van der Waals surface area (Å²) in [5.74, 6) is 0. The van der Waals surface area contributed by atoms with Crippen molar-refractivity contribution in [2.24, 2.45) is 0 Å². The lowest BCUT2D eigenvalue weighted by atomic mass is 9.84. The Bertz CT molecular complexity index is 659. The van der Waals surface area contributed by atoms with Gasteiger partial charge in [-0.05, 0) is 14.0 Å². The fourth-order valence-corrected chi connectivity index (χ4v) is 4.52. The number of hydrogen-bond acceptors (Lipinski definition) is 15. The molecule has 2 aliphatic heterocycles. The summed E-state index contributed by atoms with van der Waals surface area (Å²) in [6.07, 6.45) is -21.0. The summed E-state index contributed by atoms with van der Waals surface area (Å²) in [5.41, 5.74) is -2.12. The Morgan fingerprint density at radius 3 is 1.82 bits per heavy atom. The first-order valence-electron chi connectivity index (χ1n) is 10.9. The van der Waals surface area contributed by atoms with Crippen LogP contribution >= 0.6 is 0 Å². The molecule has 200 valence electrons. The van der Waals surface area contributed by atoms with Crippen molar-refractivity contribution in [2.75, 3.05) is 20.3 Å². The van der Waals surface area contributed by atoms with Gasteiger partial charge in [0.15, 0.2) is 12.6 Å². The van der Waals surface area contributed by atoms with Crippen molar-refractivity contribution < 1.29 is 70.0 Å². The number of rotatable bonds is 7. The molecule has 0 aromatic carbocycles. The van der Waals surface area contributed by atoms with Gasteiger partial charge in [0, 0.05) is 0 Å². The molecule has 13 unspecified atom stereocenters. The summed E-state index contributed by atoms with van der Waals surface area (Å²) >= 11 is 0. The molecule has 2 heterocycles. The van der Waals surface area contributed by atoms with Crippen LogP contribution in [0, 0.1) is 0 Å². The Balaban J connectivity index is 1.86. The van der Waals surface area contributed by atoms with Crippen molar-refractivity contribution in [3.8, 4) is 0 Å². The van der Waals surface area contributed by atoms with E-state index in [1.807, 2.05) is 0 Å². The van der Waals surface area contributed by atoms with Crippen LogP contribution in [-0.2, 0) is 18.9 Å². The van der Waals surface area contributed by atoms with E-state index < -0.39 is 105 Å². The Morgan fingerprint density at radius 2 is 1.32 bits per heavy atom. The summed E-state index contributed by atoms with van der Waals surface area (Å²) in [6, 6.07) is -1.07. The van der Waals surface area contributed by atoms with Crippen molar-refractivity contribution in [1.82, 2.24) is 5.32 Å². The van der Waals surface area contributed by atoms with Gasteiger partial charge in [0.05, 0.1) is 25.4 Å². The molecule has 0 spiro atoms. The highest BCUT2D eigenvalue weighted by Gasteiger charge is 2.60. The van der Waals surface area contributed by atoms with Gasteiger partial charge in [0.25, 0.3) is 0 Å². The van der Waals surface area contributed by atoms with E-state index in [2.05, 4.69) is 5.32 Å². The largest absolute Gasteiger partial charge is 0.394 e. The quantitative estimate of drug-likeness (QED) is 0.155. The summed E-state index contributed by atoms with van der Waals surface area (Å²) in [5, 5.41) is 104. The van der Waals surface area contributed by atoms with Gasteiger partial charge in [-0.25, -0.2) is 0 Å². The highest BCUT2D eigenvalue weighted by atomic mass is 16.8. The molecule has 3 aliphatic rings. The second-order valence-electron chi connectivity index (χ2n) is 8.93. The van der Waals surface area contributed by atoms with Gasteiger partial charge in [-0.1, -0.05) is 0 Å². The average molecular weight is 501 g/mol. The van der Waals surface area contributed by atoms with Crippen molar-refractivity contribution in [3.63, 3.8) is 0 Å². The minimum absolute atomic E-state index is 0.672. The Labute approximate surface area is 194 Å². The first-order valence-corrected chi connectivity index (χ1v) is 10.9. The molecule has 0 bridgehead atoms. The highest BCUT2D eigenvalue weighted by Crippen LogP contribution is 2.38. The maximum atomic E-state index is 11.1. The minimum atomic E-state index is -2.12. The zero-order valence-corrected chi connectivity index (χ0v) is 18.6. The number of aliphatic hydroxyl groups excluding tert-OH is 9. The first kappa shape index (κ1) is 28.0. The van der Waals surface area contributed by atoms with Gasteiger partial charge in [0.2, 0.25) is 0 Å². The van der Waals surface area contributed by atoms with Crippen LogP contribution in [0.1, 0.15) is 6.92 Å². The van der Waals surface area contributed by atoms with Crippen LogP contribution in [-0.4, -0.2) is 163 Å². The van der Waals surface area contributed by atoms with Gasteiger partial charge >= 0.3 is 0 Å². The van der Waals surface area contributed by atoms with Crippen molar-refractivity contribution >= 4 is 0 Å². The van der Waals surface area contributed by atoms with Gasteiger partial charge in [-0.3, -0.25) is 0 Å². The SMILES string of the molecule is CNC1C(OC2C(OC3C(O)C(O)C(O)C(O)C3O)OC(C)C2(O)CO)OC(CO)C(O)C1O. The average Bonchev–Trinajstić information content (AvgIpc) is 3.06. The van der Waals surface area contributed by atoms with E-state index in [1.54, 1.807) is 0 Å². The van der Waals surface area contributed by atoms with Gasteiger partial charge < -0.3 is 75.3 Å². The molecule has 15 heteroatoms. The predicted octanol–water partition coefficient (Wildman–Crippen LogP) is -6.93. The second-order valence-corrected chi connectivity index (χ2v) is 8.93. The van der Waals surface area contributed by atoms with E-state index in [9.17, 15) is 51.1 Å². The van der Waals surface area contributed by atoms with E-state index in [1.165, 1.54) is 14.0 Å². The van der Waals surface area contributed by atoms with E-state index >= 15 is 0 Å². The normalized spacial score (nSPS) is 54.4. The van der Waals surface area contributed by atoms with Gasteiger partial charge in [-0.2, -0.15) is 0 Å². The highest BCUT2D eigenvalue weighted by molar-refractivity contribution is 5.04. The molecule has 13 atom stereocenters. The molecule has 0 aromatic rings. The third-order valence-corrected chi connectivity index (χ3v) is 6.89. The molecule has 11 N–H and O–H groups in total. The molecule has 2 saturated heterocycles. The summed E-state index contributed by atoms with van der Waals surface area (Å²) in [4.78, 5) is 0. The fourth-order valence-electron chi connectivity index (χ4n) is 4.52. The Morgan fingerprint density at radius 1 is 0.765 bits per heavy atom. The fraction of sp³-hybridized carbons (Fsp3) is 1.00. The molecule has 3 fully saturated rings. The van der Waals surface area contributed by atoms with Crippen LogP contribution < -0.4 is 5.32 Å². The lowest BCUT2D eigenvalue weighted by Gasteiger charge is -2.45. The van der Waals surface area contributed by atoms with E-state index in [-0.39, 0.29) is 0 Å². The van der Waals surface area contributed by atoms with Crippen LogP contribution in [0.25, 0.3) is 0 Å². The van der Waals surface area contributed by atoms with Crippen LogP contribution in [0.3, 0.4) is 0 Å². The monoisotopic (exact) mass is 501 g/mol. The molecule has 0 aromatic heterocycles. The number of ether oxygens (including phenoxy) is 4. The first-order chi connectivity index (χ1) is 15.9. The predicted molar refractivity (Wildman–Crippen MR) is 107 cm³/mol. The number of likely N-dealkylation sites (N-methyl/N-ethyl adjacent to an activating group) is 1. The number of nitrogens with one attached hydrogen (secondary N) is 1. The third kappa shape index (κ3) is 4.72. The molecular weight excluding hydrogens is 466 g/mol. The van der Waals surface area contributed by atoms with E-state index in [0.717, 1.165) is 0 Å². The van der Waals surface area contributed by atoms with Crippen LogP contribution in [0.15, 0.2) is 0 Å². The molecule has 0 amide bonds. The summed E-state index contributed by atoms with van der Waals surface area (Å²) < 4.78 is 22.5. The van der Waals surface area contributed by atoms with Crippen LogP contribution in [0.5, 0.6) is 0 Å². The maximum Gasteiger partial charge on any atom is 0.187 e. The Hall–Kier alpha value is -0.600. The van der Waals surface area contributed by atoms with Crippen molar-refractivity contribution in [1.29, 1.82) is 0 Å². The topological polar surface area (TPSA) is 251 Å². The lowest BCUT2D eigenvalue weighted by molar-refractivity contribution is -0.324. The zero-order valence-electron chi connectivity index (χ0n) is 18.6. The van der Waals surface area contributed by atoms with E-state index in [4.69, 9.17) is 18.9 Å². The standard InChI is InChI=1S/C19H35NO14/c1-5-19(30,4-22)16(34-17-7(20-2)9(24)8(23)6(3-21)32-17)18(31-5)33-15-13(28)11(26)10(25)12(27)14(15)29/h5-18,20-30H,3-4H2,1-2H3. The van der Waals surface area contributed by atoms with Crippen molar-refractivity contribution in [3.05, 3.63) is 0 Å².